The number of benzene rings is 2. The number of aryl methyl sites for hydroxylation is 2. The van der Waals surface area contributed by atoms with Crippen molar-refractivity contribution in [1.29, 1.82) is 0 Å². The monoisotopic (exact) mass is 405 g/mol. The summed E-state index contributed by atoms with van der Waals surface area (Å²) < 4.78 is 5.70. The van der Waals surface area contributed by atoms with Crippen LogP contribution >= 0.6 is 0 Å². The molecule has 7 nitrogen and oxygen atoms in total. The van der Waals surface area contributed by atoms with E-state index in [9.17, 15) is 24.9 Å². The number of aliphatic hydroxyl groups is 1. The predicted octanol–water partition coefficient (Wildman–Crippen LogP) is 3.87. The lowest BCUT2D eigenvalue weighted by atomic mass is 9.87. The first-order chi connectivity index (χ1) is 14.2. The Bertz CT molecular complexity index is 1170. The van der Waals surface area contributed by atoms with Crippen molar-refractivity contribution >= 4 is 23.2 Å². The van der Waals surface area contributed by atoms with Crippen molar-refractivity contribution in [3.63, 3.8) is 0 Å². The number of fused-ring (bicyclic) bond motifs is 2. The van der Waals surface area contributed by atoms with E-state index in [1.807, 2.05) is 0 Å². The number of ether oxygens (including phenoxy) is 1. The van der Waals surface area contributed by atoms with Gasteiger partial charge in [-0.15, -0.1) is 0 Å². The molecule has 4 rings (SSSR count). The number of hydrogen-bond donors (Lipinski definition) is 4. The third-order valence-corrected chi connectivity index (χ3v) is 5.08. The lowest BCUT2D eigenvalue weighted by Gasteiger charge is -2.30. The van der Waals surface area contributed by atoms with E-state index in [2.05, 4.69) is 5.32 Å². The van der Waals surface area contributed by atoms with Crippen LogP contribution in [0.5, 0.6) is 11.5 Å². The minimum absolute atomic E-state index is 0.00451. The zero-order chi connectivity index (χ0) is 21.6. The largest absolute Gasteiger partial charge is 0.508 e. The average Bonchev–Trinajstić information content (AvgIpc) is 2.68. The predicted molar refractivity (Wildman–Crippen MR) is 111 cm³/mol. The molecule has 0 fully saturated rings. The highest BCUT2D eigenvalue weighted by atomic mass is 16.5. The summed E-state index contributed by atoms with van der Waals surface area (Å²) in [7, 11) is 0. The Balaban J connectivity index is 1.82. The summed E-state index contributed by atoms with van der Waals surface area (Å²) >= 11 is 0. The SMILES string of the molecule is Cc1cc(C(=O)O)cc(C)c1OC(=O)C1=C2C=C(O)C=CC2Nc2ccc(O)cc21. The van der Waals surface area contributed by atoms with Crippen molar-refractivity contribution in [3.05, 3.63) is 82.1 Å². The van der Waals surface area contributed by atoms with E-state index in [1.54, 1.807) is 26.0 Å². The Hall–Kier alpha value is -4.00. The quantitative estimate of drug-likeness (QED) is 0.348. The molecule has 0 radical (unpaired) electrons. The second kappa shape index (κ2) is 7.11. The number of aliphatic hydroxyl groups excluding tert-OH is 1. The van der Waals surface area contributed by atoms with E-state index in [-0.39, 0.29) is 34.4 Å². The number of carbonyl (C=O) groups excluding carboxylic acids is 1. The number of aromatic hydroxyl groups is 1. The van der Waals surface area contributed by atoms with Gasteiger partial charge in [0.05, 0.1) is 17.2 Å². The maximum Gasteiger partial charge on any atom is 0.344 e. The fourth-order valence-electron chi connectivity index (χ4n) is 3.74. The average molecular weight is 405 g/mol. The molecule has 30 heavy (non-hydrogen) atoms. The third kappa shape index (κ3) is 3.30. The van der Waals surface area contributed by atoms with Crippen LogP contribution in [-0.4, -0.2) is 33.3 Å². The van der Waals surface area contributed by atoms with Crippen molar-refractivity contribution in [2.75, 3.05) is 5.32 Å². The zero-order valence-electron chi connectivity index (χ0n) is 16.3. The number of esters is 1. The molecule has 1 aliphatic carbocycles. The molecule has 4 N–H and O–H groups in total. The lowest BCUT2D eigenvalue weighted by Crippen LogP contribution is -2.29. The number of hydrogen-bond acceptors (Lipinski definition) is 6. The molecule has 1 atom stereocenters. The molecule has 0 saturated heterocycles. The molecule has 0 spiro atoms. The molecule has 152 valence electrons. The smallest absolute Gasteiger partial charge is 0.344 e. The van der Waals surface area contributed by atoms with Crippen LogP contribution in [0.1, 0.15) is 27.0 Å². The second-order valence-corrected chi connectivity index (χ2v) is 7.24. The van der Waals surface area contributed by atoms with Gasteiger partial charge in [-0.3, -0.25) is 0 Å². The van der Waals surface area contributed by atoms with Crippen LogP contribution in [0.25, 0.3) is 5.57 Å². The Morgan fingerprint density at radius 3 is 2.43 bits per heavy atom. The maximum absolute atomic E-state index is 13.3. The van der Waals surface area contributed by atoms with Crippen LogP contribution in [0.15, 0.2) is 59.9 Å². The number of carbonyl (C=O) groups is 2. The van der Waals surface area contributed by atoms with Gasteiger partial charge in [0.1, 0.15) is 17.3 Å². The number of nitrogens with one attached hydrogen (secondary N) is 1. The van der Waals surface area contributed by atoms with E-state index in [0.717, 1.165) is 0 Å². The number of anilines is 1. The molecule has 0 aromatic heterocycles. The van der Waals surface area contributed by atoms with Crippen LogP contribution < -0.4 is 10.1 Å². The number of phenols is 1. The van der Waals surface area contributed by atoms with Gasteiger partial charge in [0.15, 0.2) is 0 Å². The summed E-state index contributed by atoms with van der Waals surface area (Å²) in [6.45, 7) is 3.33. The van der Waals surface area contributed by atoms with Crippen molar-refractivity contribution in [2.24, 2.45) is 0 Å². The minimum Gasteiger partial charge on any atom is -0.508 e. The Morgan fingerprint density at radius 1 is 1.07 bits per heavy atom. The number of carboxylic acids is 1. The van der Waals surface area contributed by atoms with Crippen molar-refractivity contribution < 1.29 is 29.6 Å². The fraction of sp³-hybridized carbons (Fsp3) is 0.130. The summed E-state index contributed by atoms with van der Waals surface area (Å²) in [5.41, 5.74) is 2.93. The van der Waals surface area contributed by atoms with Gasteiger partial charge in [-0.05, 0) is 73.0 Å². The second-order valence-electron chi connectivity index (χ2n) is 7.24. The van der Waals surface area contributed by atoms with Gasteiger partial charge in [-0.1, -0.05) is 6.08 Å². The molecule has 7 heteroatoms. The van der Waals surface area contributed by atoms with Gasteiger partial charge in [0.2, 0.25) is 0 Å². The van der Waals surface area contributed by atoms with E-state index in [1.165, 1.54) is 36.4 Å². The third-order valence-electron chi connectivity index (χ3n) is 5.08. The first-order valence-corrected chi connectivity index (χ1v) is 9.24. The molecule has 0 bridgehead atoms. The van der Waals surface area contributed by atoms with Crippen LogP contribution in [0.2, 0.25) is 0 Å². The first kappa shape index (κ1) is 19.3. The normalized spacial score (nSPS) is 16.9. The number of phenolic OH excluding ortho intramolecular Hbond substituents is 1. The molecule has 0 saturated carbocycles. The molecule has 1 heterocycles. The van der Waals surface area contributed by atoms with E-state index in [4.69, 9.17) is 4.74 Å². The minimum atomic E-state index is -1.07. The molecule has 0 amide bonds. The Kier molecular flexibility index (Phi) is 4.58. The molecule has 1 aliphatic heterocycles. The molecule has 2 aliphatic rings. The summed E-state index contributed by atoms with van der Waals surface area (Å²) in [6.07, 6.45) is 4.74. The van der Waals surface area contributed by atoms with Gasteiger partial charge in [0.25, 0.3) is 0 Å². The molecular weight excluding hydrogens is 386 g/mol. The fourth-order valence-corrected chi connectivity index (χ4v) is 3.74. The highest BCUT2D eigenvalue weighted by Crippen LogP contribution is 2.40. The highest BCUT2D eigenvalue weighted by molar-refractivity contribution is 6.22. The highest BCUT2D eigenvalue weighted by Gasteiger charge is 2.32. The van der Waals surface area contributed by atoms with Gasteiger partial charge in [-0.2, -0.15) is 0 Å². The summed E-state index contributed by atoms with van der Waals surface area (Å²) in [4.78, 5) is 24.5. The molecular formula is C23H19NO6. The molecule has 1 unspecified atom stereocenters. The van der Waals surface area contributed by atoms with Crippen molar-refractivity contribution in [1.82, 2.24) is 0 Å². The van der Waals surface area contributed by atoms with Crippen molar-refractivity contribution in [3.8, 4) is 11.5 Å². The van der Waals surface area contributed by atoms with E-state index < -0.39 is 11.9 Å². The number of rotatable bonds is 3. The molecule has 2 aromatic carbocycles. The topological polar surface area (TPSA) is 116 Å². The first-order valence-electron chi connectivity index (χ1n) is 9.24. The summed E-state index contributed by atoms with van der Waals surface area (Å²) in [5.74, 6) is -1.48. The Morgan fingerprint density at radius 2 is 1.77 bits per heavy atom. The number of aromatic carboxylic acids is 1. The van der Waals surface area contributed by atoms with Crippen LogP contribution in [0, 0.1) is 13.8 Å². The standard InChI is InChI=1S/C23H19NO6/c1-11-7-13(22(27)28)8-12(2)21(11)30-23(29)20-16-9-14(25)3-5-18(16)24-19-6-4-15(26)10-17(19)20/h3-10,18,24-26H,1-2H3,(H,27,28). The Labute approximate surface area is 172 Å². The van der Waals surface area contributed by atoms with E-state index in [0.29, 0.717) is 28.0 Å². The summed E-state index contributed by atoms with van der Waals surface area (Å²) in [6, 6.07) is 7.17. The van der Waals surface area contributed by atoms with Crippen LogP contribution in [0.3, 0.4) is 0 Å². The maximum atomic E-state index is 13.3. The van der Waals surface area contributed by atoms with Gasteiger partial charge < -0.3 is 25.4 Å². The van der Waals surface area contributed by atoms with Gasteiger partial charge >= 0.3 is 11.9 Å². The number of carboxylic acid groups (broad SMARTS) is 1. The van der Waals surface area contributed by atoms with Crippen LogP contribution in [0.4, 0.5) is 5.69 Å². The van der Waals surface area contributed by atoms with Gasteiger partial charge in [0, 0.05) is 11.3 Å². The van der Waals surface area contributed by atoms with Crippen molar-refractivity contribution in [2.45, 2.75) is 19.9 Å². The van der Waals surface area contributed by atoms with E-state index >= 15 is 0 Å². The molecule has 2 aromatic rings. The zero-order valence-corrected chi connectivity index (χ0v) is 16.3. The van der Waals surface area contributed by atoms with Crippen LogP contribution in [-0.2, 0) is 4.79 Å². The lowest BCUT2D eigenvalue weighted by molar-refractivity contribution is -0.128. The number of allylic oxidation sites excluding steroid dienone is 1. The van der Waals surface area contributed by atoms with Gasteiger partial charge in [-0.25, -0.2) is 9.59 Å². The summed E-state index contributed by atoms with van der Waals surface area (Å²) in [5, 5.41) is 32.4.